The molecule has 6 heteroatoms. The number of hydrazine groups is 1. The molecule has 2 amide bonds. The number of carbonyl (C=O) groups excluding carboxylic acids is 2. The van der Waals surface area contributed by atoms with E-state index in [1.165, 1.54) is 0 Å². The molecule has 0 aliphatic heterocycles. The lowest BCUT2D eigenvalue weighted by molar-refractivity contribution is -0.129. The Balaban J connectivity index is 2.68. The van der Waals surface area contributed by atoms with Crippen molar-refractivity contribution in [3.63, 3.8) is 0 Å². The minimum absolute atomic E-state index is 0.176. The molecule has 0 unspecified atom stereocenters. The van der Waals surface area contributed by atoms with Gasteiger partial charge in [-0.25, -0.2) is 0 Å². The van der Waals surface area contributed by atoms with Crippen LogP contribution in [0.3, 0.4) is 0 Å². The first kappa shape index (κ1) is 17.3. The summed E-state index contributed by atoms with van der Waals surface area (Å²) >= 11 is 6.11. The third-order valence-corrected chi connectivity index (χ3v) is 3.34. The number of ether oxygens (including phenoxy) is 1. The molecule has 0 aromatic heterocycles. The smallest absolute Gasteiger partial charge is 0.276 e. The molecule has 1 aromatic carbocycles. The van der Waals surface area contributed by atoms with E-state index in [1.807, 2.05) is 32.9 Å². The molecule has 0 aliphatic carbocycles. The van der Waals surface area contributed by atoms with Crippen LogP contribution in [0.25, 0.3) is 0 Å². The van der Waals surface area contributed by atoms with Gasteiger partial charge in [0.05, 0.1) is 0 Å². The van der Waals surface area contributed by atoms with Gasteiger partial charge in [0.1, 0.15) is 5.75 Å². The number of aryl methyl sites for hydroxylation is 1. The number of rotatable bonds is 5. The van der Waals surface area contributed by atoms with Gasteiger partial charge in [0.25, 0.3) is 5.91 Å². The summed E-state index contributed by atoms with van der Waals surface area (Å²) in [6.45, 7) is 7.44. The van der Waals surface area contributed by atoms with Crippen LogP contribution in [0.2, 0.25) is 5.02 Å². The van der Waals surface area contributed by atoms with Crippen LogP contribution in [-0.4, -0.2) is 18.4 Å². The minimum Gasteiger partial charge on any atom is -0.483 e. The van der Waals surface area contributed by atoms with Crippen molar-refractivity contribution in [3.05, 3.63) is 28.3 Å². The summed E-state index contributed by atoms with van der Waals surface area (Å²) in [6.07, 6.45) is 0.301. The van der Waals surface area contributed by atoms with E-state index in [4.69, 9.17) is 16.3 Å². The van der Waals surface area contributed by atoms with E-state index in [2.05, 4.69) is 10.9 Å². The zero-order valence-electron chi connectivity index (χ0n) is 12.7. The second kappa shape index (κ2) is 7.88. The van der Waals surface area contributed by atoms with Crippen LogP contribution < -0.4 is 15.6 Å². The fourth-order valence-electron chi connectivity index (χ4n) is 1.65. The largest absolute Gasteiger partial charge is 0.483 e. The molecular weight excluding hydrogens is 292 g/mol. The Hall–Kier alpha value is -1.75. The Bertz CT molecular complexity index is 530. The molecule has 0 bridgehead atoms. The van der Waals surface area contributed by atoms with Gasteiger partial charge in [0.15, 0.2) is 6.61 Å². The van der Waals surface area contributed by atoms with Crippen molar-refractivity contribution in [1.82, 2.24) is 10.9 Å². The molecule has 0 aliphatic rings. The third-order valence-electron chi connectivity index (χ3n) is 2.93. The minimum atomic E-state index is -0.417. The van der Waals surface area contributed by atoms with E-state index in [0.717, 1.165) is 11.1 Å². The molecule has 0 radical (unpaired) electrons. The number of benzene rings is 1. The van der Waals surface area contributed by atoms with Crippen LogP contribution in [-0.2, 0) is 9.59 Å². The topological polar surface area (TPSA) is 67.4 Å². The molecule has 0 saturated carbocycles. The van der Waals surface area contributed by atoms with Gasteiger partial charge in [0.2, 0.25) is 5.91 Å². The summed E-state index contributed by atoms with van der Waals surface area (Å²) in [7, 11) is 0. The normalized spacial score (nSPS) is 10.4. The predicted octanol–water partition coefficient (Wildman–Crippen LogP) is 2.71. The molecule has 116 valence electrons. The molecule has 0 spiro atoms. The SMILES string of the molecule is CCC(=O)NNC(=O)COc1cc(C)c(Cl)cc1C(C)C. The highest BCUT2D eigenvalue weighted by Crippen LogP contribution is 2.31. The summed E-state index contributed by atoms with van der Waals surface area (Å²) in [5, 5.41) is 0.672. The van der Waals surface area contributed by atoms with E-state index >= 15 is 0 Å². The zero-order valence-corrected chi connectivity index (χ0v) is 13.5. The van der Waals surface area contributed by atoms with Crippen LogP contribution in [0, 0.1) is 6.92 Å². The van der Waals surface area contributed by atoms with Crippen LogP contribution in [0.15, 0.2) is 12.1 Å². The van der Waals surface area contributed by atoms with E-state index in [1.54, 1.807) is 6.92 Å². The lowest BCUT2D eigenvalue weighted by atomic mass is 10.0. The maximum absolute atomic E-state index is 11.6. The highest BCUT2D eigenvalue weighted by Gasteiger charge is 2.12. The standard InChI is InChI=1S/C15H21ClN2O3/c1-5-14(19)17-18-15(20)8-21-13-6-10(4)12(16)7-11(13)9(2)3/h6-7,9H,5,8H2,1-4H3,(H,17,19)(H,18,20). The van der Waals surface area contributed by atoms with E-state index in [-0.39, 0.29) is 18.4 Å². The molecule has 0 heterocycles. The average Bonchev–Trinajstić information content (AvgIpc) is 2.45. The first-order chi connectivity index (χ1) is 9.85. The maximum Gasteiger partial charge on any atom is 0.276 e. The quantitative estimate of drug-likeness (QED) is 0.821. The Morgan fingerprint density at radius 1 is 1.24 bits per heavy atom. The Morgan fingerprint density at radius 2 is 1.86 bits per heavy atom. The van der Waals surface area contributed by atoms with E-state index in [9.17, 15) is 9.59 Å². The molecule has 0 fully saturated rings. The molecule has 0 atom stereocenters. The van der Waals surface area contributed by atoms with Crippen molar-refractivity contribution in [2.24, 2.45) is 0 Å². The van der Waals surface area contributed by atoms with Gasteiger partial charge in [-0.15, -0.1) is 0 Å². The van der Waals surface area contributed by atoms with Gasteiger partial charge in [-0.3, -0.25) is 20.4 Å². The Morgan fingerprint density at radius 3 is 2.43 bits per heavy atom. The summed E-state index contributed by atoms with van der Waals surface area (Å²) in [6, 6.07) is 3.67. The number of hydrogen-bond acceptors (Lipinski definition) is 3. The lowest BCUT2D eigenvalue weighted by Gasteiger charge is -2.16. The van der Waals surface area contributed by atoms with Crippen LogP contribution in [0.5, 0.6) is 5.75 Å². The van der Waals surface area contributed by atoms with Gasteiger partial charge < -0.3 is 4.74 Å². The highest BCUT2D eigenvalue weighted by atomic mass is 35.5. The summed E-state index contributed by atoms with van der Waals surface area (Å²) in [5.41, 5.74) is 6.40. The molecule has 1 rings (SSSR count). The predicted molar refractivity (Wildman–Crippen MR) is 82.3 cm³/mol. The van der Waals surface area contributed by atoms with Gasteiger partial charge in [-0.1, -0.05) is 32.4 Å². The fourth-order valence-corrected chi connectivity index (χ4v) is 1.83. The first-order valence-corrected chi connectivity index (χ1v) is 7.23. The number of halogens is 1. The zero-order chi connectivity index (χ0) is 16.0. The second-order valence-corrected chi connectivity index (χ2v) is 5.44. The van der Waals surface area contributed by atoms with E-state index in [0.29, 0.717) is 17.2 Å². The lowest BCUT2D eigenvalue weighted by Crippen LogP contribution is -2.43. The van der Waals surface area contributed by atoms with Gasteiger partial charge >= 0.3 is 0 Å². The number of carbonyl (C=O) groups is 2. The van der Waals surface area contributed by atoms with Crippen LogP contribution in [0.1, 0.15) is 44.2 Å². The van der Waals surface area contributed by atoms with Gasteiger partial charge in [-0.2, -0.15) is 0 Å². The van der Waals surface area contributed by atoms with Crippen molar-refractivity contribution in [2.45, 2.75) is 40.0 Å². The number of nitrogens with one attached hydrogen (secondary N) is 2. The maximum atomic E-state index is 11.6. The molecule has 21 heavy (non-hydrogen) atoms. The van der Waals surface area contributed by atoms with Crippen molar-refractivity contribution in [1.29, 1.82) is 0 Å². The van der Waals surface area contributed by atoms with Gasteiger partial charge in [-0.05, 0) is 36.1 Å². The molecule has 1 aromatic rings. The monoisotopic (exact) mass is 312 g/mol. The van der Waals surface area contributed by atoms with Crippen molar-refractivity contribution in [2.75, 3.05) is 6.61 Å². The Kier molecular flexibility index (Phi) is 6.49. The van der Waals surface area contributed by atoms with Crippen molar-refractivity contribution in [3.8, 4) is 5.75 Å². The third kappa shape index (κ3) is 5.27. The second-order valence-electron chi connectivity index (χ2n) is 5.03. The summed E-state index contributed by atoms with van der Waals surface area (Å²) < 4.78 is 5.54. The summed E-state index contributed by atoms with van der Waals surface area (Å²) in [4.78, 5) is 22.6. The van der Waals surface area contributed by atoms with E-state index < -0.39 is 5.91 Å². The van der Waals surface area contributed by atoms with Crippen molar-refractivity contribution < 1.29 is 14.3 Å². The number of amides is 2. The van der Waals surface area contributed by atoms with Crippen molar-refractivity contribution >= 4 is 23.4 Å². The van der Waals surface area contributed by atoms with Crippen LogP contribution in [0.4, 0.5) is 0 Å². The summed E-state index contributed by atoms with van der Waals surface area (Å²) in [5.74, 6) is 0.178. The molecular formula is C15H21ClN2O3. The fraction of sp³-hybridized carbons (Fsp3) is 0.467. The number of hydrogen-bond donors (Lipinski definition) is 2. The van der Waals surface area contributed by atoms with Gasteiger partial charge in [0, 0.05) is 11.4 Å². The first-order valence-electron chi connectivity index (χ1n) is 6.85. The highest BCUT2D eigenvalue weighted by molar-refractivity contribution is 6.31. The molecule has 0 saturated heterocycles. The van der Waals surface area contributed by atoms with Crippen LogP contribution >= 0.6 is 11.6 Å². The molecule has 2 N–H and O–H groups in total. The molecule has 5 nitrogen and oxygen atoms in total. The average molecular weight is 313 g/mol. The Labute approximate surface area is 130 Å².